The first kappa shape index (κ1) is 16.9. The molecule has 0 saturated heterocycles. The van der Waals surface area contributed by atoms with Gasteiger partial charge in [-0.25, -0.2) is 4.39 Å². The van der Waals surface area contributed by atoms with Crippen molar-refractivity contribution in [3.63, 3.8) is 0 Å². The van der Waals surface area contributed by atoms with Crippen molar-refractivity contribution in [3.8, 4) is 5.75 Å². The second-order valence-electron chi connectivity index (χ2n) is 5.24. The molecule has 0 fully saturated rings. The Morgan fingerprint density at radius 3 is 2.55 bits per heavy atom. The van der Waals surface area contributed by atoms with Gasteiger partial charge < -0.3 is 19.9 Å². The first-order valence-electron chi connectivity index (χ1n) is 6.84. The van der Waals surface area contributed by atoms with Crippen molar-refractivity contribution < 1.29 is 19.0 Å². The van der Waals surface area contributed by atoms with Gasteiger partial charge in [0.25, 0.3) is 0 Å². The van der Waals surface area contributed by atoms with E-state index in [2.05, 4.69) is 5.32 Å². The quantitative estimate of drug-likeness (QED) is 0.728. The Morgan fingerprint density at radius 1 is 1.30 bits per heavy atom. The van der Waals surface area contributed by atoms with E-state index in [1.807, 2.05) is 20.8 Å². The Balaban J connectivity index is 2.20. The van der Waals surface area contributed by atoms with Crippen LogP contribution in [0.5, 0.6) is 5.75 Å². The number of aliphatic hydroxyl groups excluding tert-OH is 1. The van der Waals surface area contributed by atoms with Crippen LogP contribution in [0.2, 0.25) is 0 Å². The molecule has 5 heteroatoms. The van der Waals surface area contributed by atoms with E-state index in [1.54, 1.807) is 0 Å². The van der Waals surface area contributed by atoms with Gasteiger partial charge in [0.1, 0.15) is 24.3 Å². The van der Waals surface area contributed by atoms with Gasteiger partial charge in [-0.15, -0.1) is 0 Å². The molecule has 0 bridgehead atoms. The number of hydrogen-bond donors (Lipinski definition) is 2. The monoisotopic (exact) mass is 285 g/mol. The van der Waals surface area contributed by atoms with Crippen LogP contribution in [-0.4, -0.2) is 43.1 Å². The normalized spacial score (nSPS) is 13.2. The van der Waals surface area contributed by atoms with Crippen LogP contribution in [0.4, 0.5) is 4.39 Å². The van der Waals surface area contributed by atoms with Crippen LogP contribution in [-0.2, 0) is 4.74 Å². The Hall–Kier alpha value is -1.17. The number of benzene rings is 1. The highest BCUT2D eigenvalue weighted by Crippen LogP contribution is 2.11. The Kier molecular flexibility index (Phi) is 6.91. The minimum Gasteiger partial charge on any atom is -0.491 e. The number of aliphatic hydroxyl groups is 1. The SMILES string of the molecule is CCOC(C)(C)CNCC(O)COc1ccc(F)cc1. The molecule has 1 aromatic rings. The summed E-state index contributed by atoms with van der Waals surface area (Å²) in [6.45, 7) is 7.81. The summed E-state index contributed by atoms with van der Waals surface area (Å²) in [7, 11) is 0. The van der Waals surface area contributed by atoms with Crippen molar-refractivity contribution in [2.24, 2.45) is 0 Å². The highest BCUT2D eigenvalue weighted by Gasteiger charge is 2.17. The van der Waals surface area contributed by atoms with Crippen LogP contribution in [0.3, 0.4) is 0 Å². The molecule has 0 aliphatic heterocycles. The predicted molar refractivity (Wildman–Crippen MR) is 76.5 cm³/mol. The third-order valence-corrected chi connectivity index (χ3v) is 2.72. The van der Waals surface area contributed by atoms with Gasteiger partial charge >= 0.3 is 0 Å². The second kappa shape index (κ2) is 8.19. The maximum atomic E-state index is 12.7. The summed E-state index contributed by atoms with van der Waals surface area (Å²) in [6, 6.07) is 5.72. The maximum absolute atomic E-state index is 12.7. The molecule has 114 valence electrons. The van der Waals surface area contributed by atoms with E-state index >= 15 is 0 Å². The smallest absolute Gasteiger partial charge is 0.123 e. The van der Waals surface area contributed by atoms with Crippen LogP contribution in [0.1, 0.15) is 20.8 Å². The van der Waals surface area contributed by atoms with E-state index in [1.165, 1.54) is 24.3 Å². The van der Waals surface area contributed by atoms with Crippen molar-refractivity contribution in [1.82, 2.24) is 5.32 Å². The highest BCUT2D eigenvalue weighted by molar-refractivity contribution is 5.22. The fourth-order valence-electron chi connectivity index (χ4n) is 1.76. The molecule has 0 aromatic heterocycles. The largest absolute Gasteiger partial charge is 0.491 e. The lowest BCUT2D eigenvalue weighted by Crippen LogP contribution is -2.41. The molecule has 0 heterocycles. The Bertz CT molecular complexity index is 381. The fraction of sp³-hybridized carbons (Fsp3) is 0.600. The Morgan fingerprint density at radius 2 is 1.95 bits per heavy atom. The lowest BCUT2D eigenvalue weighted by atomic mass is 10.1. The van der Waals surface area contributed by atoms with E-state index in [0.29, 0.717) is 25.4 Å². The molecule has 0 amide bonds. The molecule has 2 N–H and O–H groups in total. The average molecular weight is 285 g/mol. The zero-order chi connectivity index (χ0) is 15.0. The van der Waals surface area contributed by atoms with Gasteiger partial charge in [-0.1, -0.05) is 0 Å². The van der Waals surface area contributed by atoms with Crippen molar-refractivity contribution in [2.75, 3.05) is 26.3 Å². The van der Waals surface area contributed by atoms with Gasteiger partial charge in [0.15, 0.2) is 0 Å². The average Bonchev–Trinajstić information content (AvgIpc) is 2.37. The van der Waals surface area contributed by atoms with E-state index in [9.17, 15) is 9.50 Å². The second-order valence-corrected chi connectivity index (χ2v) is 5.24. The molecule has 1 atom stereocenters. The summed E-state index contributed by atoms with van der Waals surface area (Å²) in [5, 5.41) is 12.9. The molecule has 0 aliphatic rings. The van der Waals surface area contributed by atoms with E-state index in [4.69, 9.17) is 9.47 Å². The number of ether oxygens (including phenoxy) is 2. The lowest BCUT2D eigenvalue weighted by molar-refractivity contribution is -0.0112. The van der Waals surface area contributed by atoms with Crippen LogP contribution < -0.4 is 10.1 Å². The van der Waals surface area contributed by atoms with E-state index in [-0.39, 0.29) is 18.0 Å². The summed E-state index contributed by atoms with van der Waals surface area (Å²) in [6.07, 6.45) is -0.627. The van der Waals surface area contributed by atoms with Crippen molar-refractivity contribution >= 4 is 0 Å². The summed E-state index contributed by atoms with van der Waals surface area (Å²) in [5.74, 6) is 0.234. The Labute approximate surface area is 119 Å². The topological polar surface area (TPSA) is 50.7 Å². The van der Waals surface area contributed by atoms with Crippen LogP contribution >= 0.6 is 0 Å². The summed E-state index contributed by atoms with van der Waals surface area (Å²) in [4.78, 5) is 0. The van der Waals surface area contributed by atoms with Gasteiger partial charge in [0.2, 0.25) is 0 Å². The molecule has 0 aliphatic carbocycles. The molecule has 4 nitrogen and oxygen atoms in total. The molecule has 1 aromatic carbocycles. The van der Waals surface area contributed by atoms with Crippen LogP contribution in [0.25, 0.3) is 0 Å². The number of nitrogens with one attached hydrogen (secondary N) is 1. The lowest BCUT2D eigenvalue weighted by Gasteiger charge is -2.25. The molecule has 1 unspecified atom stereocenters. The summed E-state index contributed by atoms with van der Waals surface area (Å²) >= 11 is 0. The first-order valence-corrected chi connectivity index (χ1v) is 6.84. The van der Waals surface area contributed by atoms with Crippen LogP contribution in [0, 0.1) is 5.82 Å². The van der Waals surface area contributed by atoms with Gasteiger partial charge in [-0.2, -0.15) is 0 Å². The standard InChI is InChI=1S/C15H24FNO3/c1-4-20-15(2,3)11-17-9-13(18)10-19-14-7-5-12(16)6-8-14/h5-8,13,17-18H,4,9-11H2,1-3H3. The number of rotatable bonds is 9. The molecule has 0 spiro atoms. The third-order valence-electron chi connectivity index (χ3n) is 2.72. The van der Waals surface area contributed by atoms with Gasteiger partial charge in [-0.3, -0.25) is 0 Å². The highest BCUT2D eigenvalue weighted by atomic mass is 19.1. The molecule has 20 heavy (non-hydrogen) atoms. The maximum Gasteiger partial charge on any atom is 0.123 e. The zero-order valence-corrected chi connectivity index (χ0v) is 12.4. The van der Waals surface area contributed by atoms with E-state index < -0.39 is 6.10 Å². The number of hydrogen-bond acceptors (Lipinski definition) is 4. The molecular weight excluding hydrogens is 261 g/mol. The molecule has 0 saturated carbocycles. The van der Waals surface area contributed by atoms with Crippen molar-refractivity contribution in [3.05, 3.63) is 30.1 Å². The first-order chi connectivity index (χ1) is 9.43. The molecule has 1 rings (SSSR count). The van der Waals surface area contributed by atoms with Gasteiger partial charge in [0, 0.05) is 19.7 Å². The fourth-order valence-corrected chi connectivity index (χ4v) is 1.76. The third kappa shape index (κ3) is 6.84. The zero-order valence-electron chi connectivity index (χ0n) is 12.4. The molecular formula is C15H24FNO3. The van der Waals surface area contributed by atoms with Crippen molar-refractivity contribution in [1.29, 1.82) is 0 Å². The minimum absolute atomic E-state index is 0.160. The minimum atomic E-state index is -0.627. The summed E-state index contributed by atoms with van der Waals surface area (Å²) in [5.41, 5.74) is -0.258. The van der Waals surface area contributed by atoms with Crippen LogP contribution in [0.15, 0.2) is 24.3 Å². The molecule has 0 radical (unpaired) electrons. The van der Waals surface area contributed by atoms with Gasteiger partial charge in [-0.05, 0) is 45.0 Å². The van der Waals surface area contributed by atoms with Gasteiger partial charge in [0.05, 0.1) is 5.60 Å². The van der Waals surface area contributed by atoms with E-state index in [0.717, 1.165) is 0 Å². The van der Waals surface area contributed by atoms with Crippen molar-refractivity contribution in [2.45, 2.75) is 32.5 Å². The summed E-state index contributed by atoms with van der Waals surface area (Å²) < 4.78 is 23.6. The predicted octanol–water partition coefficient (Wildman–Crippen LogP) is 1.97. The number of halogens is 1.